The number of rotatable bonds is 4. The minimum atomic E-state index is -4.27. The molecule has 1 heterocycles. The molecule has 0 atom stereocenters. The zero-order chi connectivity index (χ0) is 17.3. The third-order valence-corrected chi connectivity index (χ3v) is 5.11. The van der Waals surface area contributed by atoms with Gasteiger partial charge in [-0.1, -0.05) is 17.7 Å². The average molecular weight is 451 g/mol. The predicted octanol–water partition coefficient (Wildman–Crippen LogP) is 1.88. The molecule has 1 saturated heterocycles. The molecule has 128 valence electrons. The lowest BCUT2D eigenvalue weighted by Crippen LogP contribution is -2.47. The van der Waals surface area contributed by atoms with Crippen molar-refractivity contribution in [1.29, 1.82) is 0 Å². The Bertz CT molecular complexity index is 641. The maximum atomic E-state index is 10.4. The Labute approximate surface area is 152 Å². The number of hydrogen-bond acceptors (Lipinski definition) is 4. The molecule has 0 unspecified atom stereocenters. The highest BCUT2D eigenvalue weighted by molar-refractivity contribution is 14.1. The Morgan fingerprint density at radius 3 is 2.26 bits per heavy atom. The summed E-state index contributed by atoms with van der Waals surface area (Å²) >= 11 is 2.08. The minimum Gasteiger partial charge on any atom is -0.744 e. The van der Waals surface area contributed by atoms with Gasteiger partial charge < -0.3 is 14.1 Å². The Kier molecular flexibility index (Phi) is 8.50. The summed E-state index contributed by atoms with van der Waals surface area (Å²) in [6, 6.07) is 5.78. The van der Waals surface area contributed by atoms with Crippen molar-refractivity contribution in [3.05, 3.63) is 29.8 Å². The lowest BCUT2D eigenvalue weighted by atomic mass is 10.2. The highest BCUT2D eigenvalue weighted by Gasteiger charge is 2.30. The first-order chi connectivity index (χ1) is 10.8. The van der Waals surface area contributed by atoms with Gasteiger partial charge in [-0.15, -0.1) is 0 Å². The first kappa shape index (κ1) is 20.4. The molecule has 0 aromatic heterocycles. The second-order valence-electron chi connectivity index (χ2n) is 5.64. The minimum absolute atomic E-state index is 0.178. The van der Waals surface area contributed by atoms with Crippen molar-refractivity contribution >= 4 is 32.7 Å². The maximum Gasteiger partial charge on any atom is 0.141 e. The van der Waals surface area contributed by atoms with Gasteiger partial charge in [0.2, 0.25) is 0 Å². The van der Waals surface area contributed by atoms with Crippen LogP contribution in [0.2, 0.25) is 0 Å². The fourth-order valence-corrected chi connectivity index (χ4v) is 3.22. The van der Waals surface area contributed by atoms with E-state index < -0.39 is 10.1 Å². The van der Waals surface area contributed by atoms with E-state index >= 15 is 0 Å². The molecule has 0 bridgehead atoms. The van der Waals surface area contributed by atoms with Crippen molar-refractivity contribution in [2.45, 2.75) is 24.7 Å². The van der Waals surface area contributed by atoms with E-state index in [0.29, 0.717) is 6.61 Å². The molecule has 5 nitrogen and oxygen atoms in total. The van der Waals surface area contributed by atoms with Gasteiger partial charge in [0.25, 0.3) is 0 Å². The van der Waals surface area contributed by atoms with Gasteiger partial charge in [-0.05, 0) is 28.9 Å². The van der Waals surface area contributed by atoms with Crippen molar-refractivity contribution in [3.63, 3.8) is 0 Å². The summed E-state index contributed by atoms with van der Waals surface area (Å²) in [5.41, 5.74) is 0.928. The third-order valence-electron chi connectivity index (χ3n) is 3.88. The number of quaternary nitrogens is 1. The van der Waals surface area contributed by atoms with Crippen LogP contribution in [-0.2, 0) is 10.1 Å². The summed E-state index contributed by atoms with van der Waals surface area (Å²) in [6.45, 7) is 6.32. The summed E-state index contributed by atoms with van der Waals surface area (Å²) < 4.78 is 35.1. The first-order valence-electron chi connectivity index (χ1n) is 7.40. The van der Waals surface area contributed by atoms with Gasteiger partial charge in [-0.3, -0.25) is 0 Å². The fourth-order valence-electron chi connectivity index (χ4n) is 2.58. The van der Waals surface area contributed by atoms with Gasteiger partial charge in [-0.2, -0.15) is 0 Å². The first-order valence-corrected chi connectivity index (χ1v) is 9.89. The largest absolute Gasteiger partial charge is 0.744 e. The van der Waals surface area contributed by atoms with Gasteiger partial charge in [0.1, 0.15) is 23.2 Å². The maximum absolute atomic E-state index is 10.4. The monoisotopic (exact) mass is 451 g/mol. The summed E-state index contributed by atoms with van der Waals surface area (Å²) in [5.74, 6) is 3.11. The zero-order valence-corrected chi connectivity index (χ0v) is 16.1. The molecular formula is C16H22INO4S. The van der Waals surface area contributed by atoms with Crippen LogP contribution in [0.4, 0.5) is 0 Å². The molecule has 1 aromatic carbocycles. The average Bonchev–Trinajstić information content (AvgIpc) is 2.95. The topological polar surface area (TPSA) is 77.4 Å². The van der Waals surface area contributed by atoms with Crippen molar-refractivity contribution in [1.82, 2.24) is 0 Å². The van der Waals surface area contributed by atoms with Crippen LogP contribution in [0, 0.1) is 16.8 Å². The number of hydrogen-bond donors (Lipinski definition) is 1. The van der Waals surface area contributed by atoms with E-state index in [1.165, 1.54) is 38.1 Å². The Hall–Kier alpha value is -0.660. The molecule has 1 aromatic rings. The van der Waals surface area contributed by atoms with Crippen LogP contribution in [0.1, 0.15) is 18.4 Å². The van der Waals surface area contributed by atoms with E-state index in [4.69, 9.17) is 5.11 Å². The van der Waals surface area contributed by atoms with Crippen LogP contribution >= 0.6 is 22.6 Å². The van der Waals surface area contributed by atoms with E-state index in [1.54, 1.807) is 12.1 Å². The molecule has 0 radical (unpaired) electrons. The lowest BCUT2D eigenvalue weighted by Gasteiger charge is -2.31. The van der Waals surface area contributed by atoms with Crippen LogP contribution in [0.15, 0.2) is 29.2 Å². The van der Waals surface area contributed by atoms with Crippen LogP contribution in [-0.4, -0.2) is 55.3 Å². The summed E-state index contributed by atoms with van der Waals surface area (Å²) in [5, 5.41) is 8.93. The van der Waals surface area contributed by atoms with Crippen molar-refractivity contribution in [3.8, 4) is 9.85 Å². The molecule has 0 aliphatic carbocycles. The molecule has 1 N–H and O–H groups in total. The SMILES string of the molecule is Cc1ccc(S(=O)(=O)[O-])cc1.OCC[N+]1(CC#CI)CCCC1. The zero-order valence-electron chi connectivity index (χ0n) is 13.2. The van der Waals surface area contributed by atoms with E-state index in [2.05, 4.69) is 32.4 Å². The quantitative estimate of drug-likeness (QED) is 0.328. The van der Waals surface area contributed by atoms with E-state index in [9.17, 15) is 13.0 Å². The van der Waals surface area contributed by atoms with E-state index in [0.717, 1.165) is 23.1 Å². The number of nitrogens with zero attached hydrogens (tertiary/aromatic N) is 1. The molecule has 7 heteroatoms. The molecule has 0 spiro atoms. The molecule has 0 saturated carbocycles. The number of likely N-dealkylation sites (tertiary alicyclic amines) is 1. The fraction of sp³-hybridized carbons (Fsp3) is 0.500. The van der Waals surface area contributed by atoms with E-state index in [-0.39, 0.29) is 4.90 Å². The Morgan fingerprint density at radius 2 is 1.83 bits per heavy atom. The second kappa shape index (κ2) is 9.59. The molecule has 1 aliphatic rings. The highest BCUT2D eigenvalue weighted by Crippen LogP contribution is 2.18. The third kappa shape index (κ3) is 7.18. The van der Waals surface area contributed by atoms with Crippen LogP contribution < -0.4 is 0 Å². The Morgan fingerprint density at radius 1 is 1.26 bits per heavy atom. The van der Waals surface area contributed by atoms with Crippen molar-refractivity contribution < 1.29 is 22.6 Å². The van der Waals surface area contributed by atoms with Gasteiger partial charge in [-0.25, -0.2) is 8.42 Å². The smallest absolute Gasteiger partial charge is 0.141 e. The van der Waals surface area contributed by atoms with Gasteiger partial charge >= 0.3 is 0 Å². The highest BCUT2D eigenvalue weighted by atomic mass is 127. The van der Waals surface area contributed by atoms with Crippen molar-refractivity contribution in [2.24, 2.45) is 0 Å². The van der Waals surface area contributed by atoms with Crippen molar-refractivity contribution in [2.75, 3.05) is 32.8 Å². The number of aryl methyl sites for hydroxylation is 1. The summed E-state index contributed by atoms with van der Waals surface area (Å²) in [7, 11) is -4.27. The van der Waals surface area contributed by atoms with Crippen LogP contribution in [0.5, 0.6) is 0 Å². The van der Waals surface area contributed by atoms with Gasteiger partial charge in [0.15, 0.2) is 0 Å². The van der Waals surface area contributed by atoms with Crippen LogP contribution in [0.25, 0.3) is 0 Å². The van der Waals surface area contributed by atoms with E-state index in [1.807, 2.05) is 6.92 Å². The number of halogens is 1. The van der Waals surface area contributed by atoms with Gasteiger partial charge in [0, 0.05) is 35.4 Å². The molecule has 23 heavy (non-hydrogen) atoms. The Balaban J connectivity index is 0.000000231. The molecule has 1 fully saturated rings. The second-order valence-corrected chi connectivity index (χ2v) is 7.56. The molecular weight excluding hydrogens is 429 g/mol. The number of benzene rings is 1. The molecule has 0 amide bonds. The molecule has 2 rings (SSSR count). The normalized spacial score (nSPS) is 16.0. The molecule has 1 aliphatic heterocycles. The summed E-state index contributed by atoms with van der Waals surface area (Å²) in [4.78, 5) is -0.178. The standard InChI is InChI=1S/C9H15INO.C7H8O3S/c10-4-3-7-11(8-9-12)5-1-2-6-11;1-6-2-4-7(5-3-6)11(8,9)10/h12H,1-2,5-9H2;2-5H,1H3,(H,8,9,10)/q+1;/p-1. The van der Waals surface area contributed by atoms with Crippen LogP contribution in [0.3, 0.4) is 0 Å². The lowest BCUT2D eigenvalue weighted by molar-refractivity contribution is -0.910. The predicted molar refractivity (Wildman–Crippen MR) is 97.0 cm³/mol. The summed E-state index contributed by atoms with van der Waals surface area (Å²) in [6.07, 6.45) is 2.59. The van der Waals surface area contributed by atoms with Gasteiger partial charge in [0.05, 0.1) is 24.6 Å². The number of aliphatic hydroxyl groups is 1. The number of aliphatic hydroxyl groups excluding tert-OH is 1.